The van der Waals surface area contributed by atoms with Crippen LogP contribution in [0.25, 0.3) is 0 Å². The predicted octanol–water partition coefficient (Wildman–Crippen LogP) is 4.24. The molecule has 106 valence electrons. The molecular weight excluding hydrogens is 345 g/mol. The van der Waals surface area contributed by atoms with Crippen molar-refractivity contribution in [2.75, 3.05) is 6.26 Å². The van der Waals surface area contributed by atoms with Crippen LogP contribution >= 0.6 is 34.8 Å². The second kappa shape index (κ2) is 5.77. The Morgan fingerprint density at radius 3 is 2.15 bits per heavy atom. The van der Waals surface area contributed by atoms with Crippen molar-refractivity contribution < 1.29 is 13.2 Å². The molecule has 0 saturated heterocycles. The molecule has 1 heterocycles. The zero-order chi connectivity index (χ0) is 14.9. The molecule has 0 aliphatic carbocycles. The van der Waals surface area contributed by atoms with E-state index in [1.807, 2.05) is 0 Å². The number of nitrogens with zero attached hydrogens (tertiary/aromatic N) is 1. The Labute approximate surface area is 131 Å². The molecule has 1 aromatic heterocycles. The lowest BCUT2D eigenvalue weighted by Gasteiger charge is -2.09. The first kappa shape index (κ1) is 15.4. The van der Waals surface area contributed by atoms with Crippen LogP contribution < -0.4 is 4.74 Å². The van der Waals surface area contributed by atoms with Crippen molar-refractivity contribution in [1.82, 2.24) is 4.98 Å². The zero-order valence-electron chi connectivity index (χ0n) is 10.1. The fourth-order valence-electron chi connectivity index (χ4n) is 1.42. The van der Waals surface area contributed by atoms with Gasteiger partial charge in [0.1, 0.15) is 21.8 Å². The third-order valence-electron chi connectivity index (χ3n) is 2.30. The van der Waals surface area contributed by atoms with Gasteiger partial charge in [-0.1, -0.05) is 34.8 Å². The molecule has 2 aromatic rings. The second-order valence-corrected chi connectivity index (χ2v) is 7.11. The van der Waals surface area contributed by atoms with Gasteiger partial charge in [0, 0.05) is 18.4 Å². The SMILES string of the molecule is CS(=O)(=O)c1ccc(Oc2cc(Cl)nc(Cl)c2)c(Cl)c1. The van der Waals surface area contributed by atoms with Crippen molar-refractivity contribution in [3.8, 4) is 11.5 Å². The fraction of sp³-hybridized carbons (Fsp3) is 0.0833. The van der Waals surface area contributed by atoms with Gasteiger partial charge in [0.15, 0.2) is 9.84 Å². The lowest BCUT2D eigenvalue weighted by atomic mass is 10.3. The van der Waals surface area contributed by atoms with Crippen molar-refractivity contribution in [3.63, 3.8) is 0 Å². The average molecular weight is 353 g/mol. The summed E-state index contributed by atoms with van der Waals surface area (Å²) in [7, 11) is -3.32. The lowest BCUT2D eigenvalue weighted by molar-refractivity contribution is 0.482. The molecule has 0 N–H and O–H groups in total. The Bertz CT molecular complexity index is 742. The van der Waals surface area contributed by atoms with Gasteiger partial charge in [0.2, 0.25) is 0 Å². The summed E-state index contributed by atoms with van der Waals surface area (Å²) in [5.41, 5.74) is 0. The highest BCUT2D eigenvalue weighted by molar-refractivity contribution is 7.90. The Morgan fingerprint density at radius 2 is 1.65 bits per heavy atom. The van der Waals surface area contributed by atoms with Gasteiger partial charge < -0.3 is 4.74 Å². The number of ether oxygens (including phenoxy) is 1. The molecule has 0 aliphatic heterocycles. The summed E-state index contributed by atoms with van der Waals surface area (Å²) in [5, 5.41) is 0.518. The van der Waals surface area contributed by atoms with E-state index < -0.39 is 9.84 Å². The Kier molecular flexibility index (Phi) is 4.44. The maximum atomic E-state index is 11.4. The number of aromatic nitrogens is 1. The smallest absolute Gasteiger partial charge is 0.175 e. The van der Waals surface area contributed by atoms with Gasteiger partial charge in [-0.15, -0.1) is 0 Å². The maximum Gasteiger partial charge on any atom is 0.175 e. The van der Waals surface area contributed by atoms with E-state index in [2.05, 4.69) is 4.98 Å². The summed E-state index contributed by atoms with van der Waals surface area (Å²) in [5.74, 6) is 0.640. The third kappa shape index (κ3) is 3.76. The minimum absolute atomic E-state index is 0.112. The Morgan fingerprint density at radius 1 is 1.05 bits per heavy atom. The normalized spacial score (nSPS) is 11.4. The van der Waals surface area contributed by atoms with Gasteiger partial charge >= 0.3 is 0 Å². The molecule has 0 atom stereocenters. The van der Waals surface area contributed by atoms with E-state index >= 15 is 0 Å². The number of pyridine rings is 1. The van der Waals surface area contributed by atoms with Gasteiger partial charge in [-0.05, 0) is 18.2 Å². The van der Waals surface area contributed by atoms with Crippen molar-refractivity contribution >= 4 is 44.6 Å². The van der Waals surface area contributed by atoms with Crippen LogP contribution in [0.3, 0.4) is 0 Å². The molecule has 1 aromatic carbocycles. The average Bonchev–Trinajstić information content (AvgIpc) is 2.29. The topological polar surface area (TPSA) is 56.3 Å². The van der Waals surface area contributed by atoms with Crippen LogP contribution in [0.2, 0.25) is 15.3 Å². The van der Waals surface area contributed by atoms with E-state index in [0.29, 0.717) is 5.75 Å². The molecule has 0 radical (unpaired) electrons. The molecular formula is C12H8Cl3NO3S. The summed E-state index contributed by atoms with van der Waals surface area (Å²) < 4.78 is 28.3. The Balaban J connectivity index is 2.35. The zero-order valence-corrected chi connectivity index (χ0v) is 13.2. The fourth-order valence-corrected chi connectivity index (χ4v) is 2.80. The van der Waals surface area contributed by atoms with Crippen LogP contribution in [0.5, 0.6) is 11.5 Å². The van der Waals surface area contributed by atoms with Crippen LogP contribution in [0.15, 0.2) is 35.2 Å². The summed E-state index contributed by atoms with van der Waals surface area (Å²) in [6, 6.07) is 7.11. The number of rotatable bonds is 3. The molecule has 8 heteroatoms. The second-order valence-electron chi connectivity index (χ2n) is 3.91. The molecule has 0 saturated carbocycles. The Hall–Kier alpha value is -1.01. The van der Waals surface area contributed by atoms with Gasteiger partial charge in [-0.25, -0.2) is 13.4 Å². The molecule has 0 amide bonds. The highest BCUT2D eigenvalue weighted by atomic mass is 35.5. The monoisotopic (exact) mass is 351 g/mol. The molecule has 0 fully saturated rings. The minimum Gasteiger partial charge on any atom is -0.456 e. The molecule has 0 unspecified atom stereocenters. The quantitative estimate of drug-likeness (QED) is 0.775. The van der Waals surface area contributed by atoms with Crippen molar-refractivity contribution in [1.29, 1.82) is 0 Å². The number of sulfone groups is 1. The van der Waals surface area contributed by atoms with Crippen molar-refractivity contribution in [2.45, 2.75) is 4.90 Å². The third-order valence-corrected chi connectivity index (χ3v) is 4.09. The first-order chi connectivity index (χ1) is 9.25. The lowest BCUT2D eigenvalue weighted by Crippen LogP contribution is -1.97. The van der Waals surface area contributed by atoms with E-state index in [1.165, 1.54) is 30.3 Å². The van der Waals surface area contributed by atoms with E-state index in [1.54, 1.807) is 0 Å². The summed E-state index contributed by atoms with van der Waals surface area (Å²) in [6.45, 7) is 0. The van der Waals surface area contributed by atoms with Crippen LogP contribution in [-0.4, -0.2) is 19.7 Å². The van der Waals surface area contributed by atoms with Crippen LogP contribution in [0, 0.1) is 0 Å². The molecule has 4 nitrogen and oxygen atoms in total. The number of hydrogen-bond acceptors (Lipinski definition) is 4. The highest BCUT2D eigenvalue weighted by Crippen LogP contribution is 2.32. The first-order valence-corrected chi connectivity index (χ1v) is 8.29. The van der Waals surface area contributed by atoms with E-state index in [0.717, 1.165) is 6.26 Å². The van der Waals surface area contributed by atoms with E-state index in [4.69, 9.17) is 39.5 Å². The van der Waals surface area contributed by atoms with Crippen LogP contribution in [0.4, 0.5) is 0 Å². The van der Waals surface area contributed by atoms with Gasteiger partial charge in [0.25, 0.3) is 0 Å². The maximum absolute atomic E-state index is 11.4. The largest absolute Gasteiger partial charge is 0.456 e. The molecule has 0 spiro atoms. The van der Waals surface area contributed by atoms with Gasteiger partial charge in [-0.3, -0.25) is 0 Å². The van der Waals surface area contributed by atoms with E-state index in [-0.39, 0.29) is 26.0 Å². The van der Waals surface area contributed by atoms with E-state index in [9.17, 15) is 8.42 Å². The van der Waals surface area contributed by atoms with Crippen LogP contribution in [0.1, 0.15) is 0 Å². The predicted molar refractivity (Wildman–Crippen MR) is 78.9 cm³/mol. The van der Waals surface area contributed by atoms with Crippen LogP contribution in [-0.2, 0) is 9.84 Å². The molecule has 0 bridgehead atoms. The summed E-state index contributed by atoms with van der Waals surface area (Å²) >= 11 is 17.5. The number of hydrogen-bond donors (Lipinski definition) is 0. The standard InChI is InChI=1S/C12H8Cl3NO3S/c1-20(17,18)8-2-3-10(9(13)6-8)19-7-4-11(14)16-12(15)5-7/h2-6H,1H3. The van der Waals surface area contributed by atoms with Crippen molar-refractivity contribution in [3.05, 3.63) is 45.7 Å². The summed E-state index contributed by atoms with van der Waals surface area (Å²) in [6.07, 6.45) is 1.10. The van der Waals surface area contributed by atoms with Gasteiger partial charge in [-0.2, -0.15) is 0 Å². The number of benzene rings is 1. The molecule has 0 aliphatic rings. The number of halogens is 3. The van der Waals surface area contributed by atoms with Gasteiger partial charge in [0.05, 0.1) is 9.92 Å². The van der Waals surface area contributed by atoms with Crippen molar-refractivity contribution in [2.24, 2.45) is 0 Å². The molecule has 20 heavy (non-hydrogen) atoms. The first-order valence-electron chi connectivity index (χ1n) is 5.26. The molecule has 2 rings (SSSR count). The summed E-state index contributed by atoms with van der Waals surface area (Å²) in [4.78, 5) is 3.90. The minimum atomic E-state index is -3.32. The highest BCUT2D eigenvalue weighted by Gasteiger charge is 2.12.